The van der Waals surface area contributed by atoms with Crippen LogP contribution in [0.25, 0.3) is 5.69 Å². The van der Waals surface area contributed by atoms with Gasteiger partial charge in [-0.15, -0.1) is 0 Å². The Morgan fingerprint density at radius 1 is 1.18 bits per heavy atom. The molecule has 28 heavy (non-hydrogen) atoms. The molecule has 7 heteroatoms. The Kier molecular flexibility index (Phi) is 5.90. The highest BCUT2D eigenvalue weighted by atomic mass is 35.5. The van der Waals surface area contributed by atoms with Crippen molar-refractivity contribution in [2.45, 2.75) is 26.4 Å². The number of halogens is 1. The van der Waals surface area contributed by atoms with Gasteiger partial charge in [0.15, 0.2) is 6.10 Å². The van der Waals surface area contributed by atoms with Gasteiger partial charge in [-0.3, -0.25) is 14.3 Å². The lowest BCUT2D eigenvalue weighted by Crippen LogP contribution is -2.34. The van der Waals surface area contributed by atoms with Crippen molar-refractivity contribution in [3.63, 3.8) is 0 Å². The molecule has 0 fully saturated rings. The van der Waals surface area contributed by atoms with E-state index < -0.39 is 6.10 Å². The van der Waals surface area contributed by atoms with Crippen molar-refractivity contribution in [3.05, 3.63) is 75.7 Å². The van der Waals surface area contributed by atoms with Gasteiger partial charge in [0.1, 0.15) is 11.4 Å². The third kappa shape index (κ3) is 3.97. The zero-order chi connectivity index (χ0) is 20.3. The van der Waals surface area contributed by atoms with Crippen LogP contribution in [0.3, 0.4) is 0 Å². The number of para-hydroxylation sites is 1. The largest absolute Gasteiger partial charge is 0.481 e. The quantitative estimate of drug-likeness (QED) is 0.682. The molecule has 1 N–H and O–H groups in total. The molecule has 0 spiro atoms. The van der Waals surface area contributed by atoms with Gasteiger partial charge in [-0.25, -0.2) is 4.68 Å². The van der Waals surface area contributed by atoms with E-state index in [0.717, 1.165) is 5.69 Å². The average molecular weight is 400 g/mol. The number of nitrogens with one attached hydrogen (secondary N) is 1. The highest BCUT2D eigenvalue weighted by molar-refractivity contribution is 6.30. The third-order valence-electron chi connectivity index (χ3n) is 4.54. The van der Waals surface area contributed by atoms with Crippen LogP contribution in [-0.4, -0.2) is 21.4 Å². The molecule has 0 bridgehead atoms. The standard InChI is InChI=1S/C21H22ClN3O3/c1-4-18(28-17-12-8-9-15(22)13-17)20(26)23-19-14(2)24(3)25(21(19)27)16-10-6-5-7-11-16/h5-13,18H,4H2,1-3H3,(H,23,26)/t18-/m1/s1. The summed E-state index contributed by atoms with van der Waals surface area (Å²) >= 11 is 5.97. The molecule has 3 aromatic rings. The molecule has 1 aromatic heterocycles. The van der Waals surface area contributed by atoms with Gasteiger partial charge < -0.3 is 10.1 Å². The lowest BCUT2D eigenvalue weighted by molar-refractivity contribution is -0.122. The maximum Gasteiger partial charge on any atom is 0.295 e. The molecule has 0 radical (unpaired) electrons. The number of rotatable bonds is 6. The van der Waals surface area contributed by atoms with Crippen LogP contribution >= 0.6 is 11.6 Å². The molecule has 1 heterocycles. The van der Waals surface area contributed by atoms with E-state index in [2.05, 4.69) is 5.32 Å². The lowest BCUT2D eigenvalue weighted by Gasteiger charge is -2.17. The zero-order valence-corrected chi connectivity index (χ0v) is 16.7. The van der Waals surface area contributed by atoms with E-state index in [9.17, 15) is 9.59 Å². The van der Waals surface area contributed by atoms with Crippen molar-refractivity contribution < 1.29 is 9.53 Å². The zero-order valence-electron chi connectivity index (χ0n) is 16.0. The molecule has 1 atom stereocenters. The van der Waals surface area contributed by atoms with Crippen molar-refractivity contribution in [3.8, 4) is 11.4 Å². The fourth-order valence-corrected chi connectivity index (χ4v) is 3.12. The first-order valence-electron chi connectivity index (χ1n) is 8.99. The summed E-state index contributed by atoms with van der Waals surface area (Å²) in [6.07, 6.45) is -0.306. The van der Waals surface area contributed by atoms with Crippen LogP contribution in [0.2, 0.25) is 5.02 Å². The second-order valence-electron chi connectivity index (χ2n) is 6.40. The highest BCUT2D eigenvalue weighted by Gasteiger charge is 2.23. The number of anilines is 1. The summed E-state index contributed by atoms with van der Waals surface area (Å²) in [7, 11) is 1.78. The van der Waals surface area contributed by atoms with Crippen LogP contribution in [-0.2, 0) is 11.8 Å². The Balaban J connectivity index is 1.86. The molecule has 1 amide bonds. The number of nitrogens with zero attached hydrogens (tertiary/aromatic N) is 2. The minimum atomic E-state index is -0.748. The molecule has 0 aliphatic carbocycles. The smallest absolute Gasteiger partial charge is 0.295 e. The minimum absolute atomic E-state index is 0.240. The SMILES string of the molecule is CC[C@@H](Oc1cccc(Cl)c1)C(=O)Nc1c(C)n(C)n(-c2ccccc2)c1=O. The van der Waals surface area contributed by atoms with Crippen LogP contribution in [0.5, 0.6) is 5.75 Å². The summed E-state index contributed by atoms with van der Waals surface area (Å²) in [5.74, 6) is 0.120. The molecular formula is C21H22ClN3O3. The van der Waals surface area contributed by atoms with Gasteiger partial charge in [0.2, 0.25) is 0 Å². The summed E-state index contributed by atoms with van der Waals surface area (Å²) in [5, 5.41) is 3.27. The van der Waals surface area contributed by atoms with Crippen molar-refractivity contribution >= 4 is 23.2 Å². The van der Waals surface area contributed by atoms with Crippen LogP contribution in [0.1, 0.15) is 19.0 Å². The number of ether oxygens (including phenoxy) is 1. The fourth-order valence-electron chi connectivity index (χ4n) is 2.94. The maximum absolute atomic E-state index is 12.9. The molecule has 0 saturated carbocycles. The maximum atomic E-state index is 12.9. The summed E-state index contributed by atoms with van der Waals surface area (Å²) in [4.78, 5) is 25.7. The number of aromatic nitrogens is 2. The van der Waals surface area contributed by atoms with Gasteiger partial charge >= 0.3 is 0 Å². The van der Waals surface area contributed by atoms with Gasteiger partial charge in [-0.1, -0.05) is 42.8 Å². The molecule has 0 aliphatic rings. The van der Waals surface area contributed by atoms with Crippen LogP contribution < -0.4 is 15.6 Å². The van der Waals surface area contributed by atoms with E-state index in [1.165, 1.54) is 4.68 Å². The first-order valence-corrected chi connectivity index (χ1v) is 9.37. The number of carbonyl (C=O) groups excluding carboxylic acids is 1. The molecular weight excluding hydrogens is 378 g/mol. The third-order valence-corrected chi connectivity index (χ3v) is 4.78. The van der Waals surface area contributed by atoms with E-state index in [1.807, 2.05) is 37.3 Å². The highest BCUT2D eigenvalue weighted by Crippen LogP contribution is 2.20. The Bertz CT molecular complexity index is 1040. The molecule has 146 valence electrons. The number of benzene rings is 2. The Labute approximate surface area is 168 Å². The topological polar surface area (TPSA) is 65.3 Å². The number of carbonyl (C=O) groups is 1. The molecule has 0 unspecified atom stereocenters. The number of hydrogen-bond acceptors (Lipinski definition) is 3. The summed E-state index contributed by atoms with van der Waals surface area (Å²) in [5.41, 5.74) is 1.32. The molecule has 2 aromatic carbocycles. The molecule has 3 rings (SSSR count). The molecule has 0 aliphatic heterocycles. The molecule has 6 nitrogen and oxygen atoms in total. The van der Waals surface area contributed by atoms with E-state index >= 15 is 0 Å². The van der Waals surface area contributed by atoms with Crippen molar-refractivity contribution in [2.24, 2.45) is 7.05 Å². The van der Waals surface area contributed by atoms with E-state index in [0.29, 0.717) is 22.9 Å². The van der Waals surface area contributed by atoms with Crippen LogP contribution in [0, 0.1) is 6.92 Å². The first-order chi connectivity index (χ1) is 13.4. The summed E-state index contributed by atoms with van der Waals surface area (Å²) in [6.45, 7) is 3.63. The van der Waals surface area contributed by atoms with E-state index in [-0.39, 0.29) is 17.2 Å². The second kappa shape index (κ2) is 8.35. The van der Waals surface area contributed by atoms with Crippen LogP contribution in [0.4, 0.5) is 5.69 Å². The van der Waals surface area contributed by atoms with E-state index in [4.69, 9.17) is 16.3 Å². The first kappa shape index (κ1) is 19.8. The van der Waals surface area contributed by atoms with Gasteiger partial charge in [0.05, 0.1) is 11.4 Å². The van der Waals surface area contributed by atoms with Gasteiger partial charge in [-0.2, -0.15) is 0 Å². The minimum Gasteiger partial charge on any atom is -0.481 e. The average Bonchev–Trinajstić information content (AvgIpc) is 2.90. The predicted octanol–water partition coefficient (Wildman–Crippen LogP) is 3.93. The van der Waals surface area contributed by atoms with Gasteiger partial charge in [-0.05, 0) is 43.7 Å². The van der Waals surface area contributed by atoms with Gasteiger partial charge in [0.25, 0.3) is 11.5 Å². The lowest BCUT2D eigenvalue weighted by atomic mass is 10.2. The normalized spacial score (nSPS) is 11.9. The second-order valence-corrected chi connectivity index (χ2v) is 6.83. The Hall–Kier alpha value is -2.99. The van der Waals surface area contributed by atoms with Gasteiger partial charge in [0, 0.05) is 12.1 Å². The number of amides is 1. The monoisotopic (exact) mass is 399 g/mol. The fraction of sp³-hybridized carbons (Fsp3) is 0.238. The molecule has 0 saturated heterocycles. The van der Waals surface area contributed by atoms with Crippen molar-refractivity contribution in [1.29, 1.82) is 0 Å². The van der Waals surface area contributed by atoms with Crippen LogP contribution in [0.15, 0.2) is 59.4 Å². The number of hydrogen-bond donors (Lipinski definition) is 1. The summed E-state index contributed by atoms with van der Waals surface area (Å²) < 4.78 is 9.00. The Morgan fingerprint density at radius 2 is 1.89 bits per heavy atom. The summed E-state index contributed by atoms with van der Waals surface area (Å²) in [6, 6.07) is 16.1. The van der Waals surface area contributed by atoms with E-state index in [1.54, 1.807) is 42.9 Å². The predicted molar refractivity (Wildman–Crippen MR) is 111 cm³/mol. The Morgan fingerprint density at radius 3 is 2.54 bits per heavy atom. The van der Waals surface area contributed by atoms with Crippen molar-refractivity contribution in [2.75, 3.05) is 5.32 Å². The van der Waals surface area contributed by atoms with Crippen molar-refractivity contribution in [1.82, 2.24) is 9.36 Å².